The number of carbonyl (C=O) groups excluding carboxylic acids is 2. The number of benzene rings is 2. The highest BCUT2D eigenvalue weighted by molar-refractivity contribution is 6.06. The molecule has 0 radical (unpaired) electrons. The van der Waals surface area contributed by atoms with Gasteiger partial charge in [-0.25, -0.2) is 4.79 Å². The molecule has 0 unspecified atom stereocenters. The molecule has 1 aromatic heterocycles. The van der Waals surface area contributed by atoms with Crippen LogP contribution >= 0.6 is 0 Å². The Morgan fingerprint density at radius 2 is 1.77 bits per heavy atom. The molecule has 0 aliphatic carbocycles. The lowest BCUT2D eigenvalue weighted by atomic mass is 10.1. The summed E-state index contributed by atoms with van der Waals surface area (Å²) >= 11 is 0. The Labute approximate surface area is 174 Å². The Balaban J connectivity index is 1.47. The zero-order valence-corrected chi connectivity index (χ0v) is 16.9. The summed E-state index contributed by atoms with van der Waals surface area (Å²) in [6.07, 6.45) is 2.08. The van der Waals surface area contributed by atoms with Crippen molar-refractivity contribution in [3.8, 4) is 0 Å². The number of likely N-dealkylation sites (tertiary alicyclic amines) is 1. The van der Waals surface area contributed by atoms with Gasteiger partial charge in [0.25, 0.3) is 11.5 Å². The number of hydrogen-bond donors (Lipinski definition) is 2. The van der Waals surface area contributed by atoms with Gasteiger partial charge >= 0.3 is 6.03 Å². The third-order valence-electron chi connectivity index (χ3n) is 5.42. The SMILES string of the molecule is Cn1c(=O)cc(C(=O)NCc2cccc(NC(=O)N3CCCC3)c2)c2ccccc21. The van der Waals surface area contributed by atoms with Crippen LogP contribution in [0.2, 0.25) is 0 Å². The number of aromatic nitrogens is 1. The van der Waals surface area contributed by atoms with E-state index in [1.807, 2.05) is 48.5 Å². The maximum atomic E-state index is 12.8. The molecule has 7 nitrogen and oxygen atoms in total. The summed E-state index contributed by atoms with van der Waals surface area (Å²) in [5.41, 5.74) is 2.38. The van der Waals surface area contributed by atoms with Crippen LogP contribution in [0.1, 0.15) is 28.8 Å². The predicted octanol–water partition coefficient (Wildman–Crippen LogP) is 3.10. The molecule has 0 atom stereocenters. The van der Waals surface area contributed by atoms with Crippen LogP contribution in [0.15, 0.2) is 59.4 Å². The minimum Gasteiger partial charge on any atom is -0.348 e. The molecule has 4 rings (SSSR count). The number of fused-ring (bicyclic) bond motifs is 1. The van der Waals surface area contributed by atoms with E-state index in [2.05, 4.69) is 10.6 Å². The lowest BCUT2D eigenvalue weighted by Gasteiger charge is -2.16. The van der Waals surface area contributed by atoms with Gasteiger partial charge in [-0.2, -0.15) is 0 Å². The standard InChI is InChI=1S/C23H24N4O3/c1-26-20-10-3-2-9-18(20)19(14-21(26)28)22(29)24-15-16-7-6-8-17(13-16)25-23(30)27-11-4-5-12-27/h2-3,6-10,13-14H,4-5,11-12,15H2,1H3,(H,24,29)(H,25,30). The van der Waals surface area contributed by atoms with Crippen LogP contribution in [0.3, 0.4) is 0 Å². The molecule has 7 heteroatoms. The number of amides is 3. The number of hydrogen-bond acceptors (Lipinski definition) is 3. The molecule has 0 saturated carbocycles. The summed E-state index contributed by atoms with van der Waals surface area (Å²) in [6.45, 7) is 1.86. The molecule has 1 aliphatic rings. The van der Waals surface area contributed by atoms with Crippen molar-refractivity contribution in [3.05, 3.63) is 76.1 Å². The summed E-state index contributed by atoms with van der Waals surface area (Å²) < 4.78 is 1.53. The molecule has 0 bridgehead atoms. The Bertz CT molecular complexity index is 1160. The fourth-order valence-electron chi connectivity index (χ4n) is 3.76. The van der Waals surface area contributed by atoms with E-state index in [0.717, 1.165) is 36.9 Å². The largest absolute Gasteiger partial charge is 0.348 e. The number of pyridine rings is 1. The number of anilines is 1. The van der Waals surface area contributed by atoms with Gasteiger partial charge in [0, 0.05) is 43.8 Å². The zero-order valence-electron chi connectivity index (χ0n) is 16.9. The van der Waals surface area contributed by atoms with E-state index in [1.165, 1.54) is 10.6 Å². The summed E-state index contributed by atoms with van der Waals surface area (Å²) in [6, 6.07) is 16.0. The van der Waals surface area contributed by atoms with Crippen molar-refractivity contribution in [2.75, 3.05) is 18.4 Å². The highest BCUT2D eigenvalue weighted by Gasteiger charge is 2.18. The lowest BCUT2D eigenvalue weighted by molar-refractivity contribution is 0.0952. The van der Waals surface area contributed by atoms with Gasteiger partial charge in [0.05, 0.1) is 11.1 Å². The van der Waals surface area contributed by atoms with Gasteiger partial charge in [0.2, 0.25) is 0 Å². The molecule has 0 spiro atoms. The predicted molar refractivity (Wildman–Crippen MR) is 117 cm³/mol. The molecule has 2 N–H and O–H groups in total. The van der Waals surface area contributed by atoms with Crippen LogP contribution in [0.4, 0.5) is 10.5 Å². The van der Waals surface area contributed by atoms with E-state index >= 15 is 0 Å². The van der Waals surface area contributed by atoms with Crippen molar-refractivity contribution in [3.63, 3.8) is 0 Å². The van der Waals surface area contributed by atoms with E-state index in [0.29, 0.717) is 16.8 Å². The second-order valence-electron chi connectivity index (χ2n) is 7.48. The van der Waals surface area contributed by atoms with Crippen LogP contribution in [-0.2, 0) is 13.6 Å². The monoisotopic (exact) mass is 404 g/mol. The van der Waals surface area contributed by atoms with Gasteiger partial charge in [-0.05, 0) is 36.6 Å². The van der Waals surface area contributed by atoms with Crippen molar-refractivity contribution in [2.24, 2.45) is 7.05 Å². The molecular weight excluding hydrogens is 380 g/mol. The zero-order chi connectivity index (χ0) is 21.1. The first-order valence-electron chi connectivity index (χ1n) is 10.0. The van der Waals surface area contributed by atoms with E-state index in [9.17, 15) is 14.4 Å². The molecule has 30 heavy (non-hydrogen) atoms. The number of nitrogens with zero attached hydrogens (tertiary/aromatic N) is 2. The molecule has 3 aromatic rings. The van der Waals surface area contributed by atoms with Crippen LogP contribution in [0.5, 0.6) is 0 Å². The minimum atomic E-state index is -0.310. The van der Waals surface area contributed by atoms with E-state index in [4.69, 9.17) is 0 Å². The summed E-state index contributed by atoms with van der Waals surface area (Å²) in [5, 5.41) is 6.52. The summed E-state index contributed by atoms with van der Waals surface area (Å²) in [4.78, 5) is 39.1. The van der Waals surface area contributed by atoms with Crippen molar-refractivity contribution < 1.29 is 9.59 Å². The average Bonchev–Trinajstić information content (AvgIpc) is 3.30. The maximum Gasteiger partial charge on any atom is 0.321 e. The molecule has 2 aromatic carbocycles. The quantitative estimate of drug-likeness (QED) is 0.701. The van der Waals surface area contributed by atoms with Gasteiger partial charge in [-0.3, -0.25) is 9.59 Å². The number of para-hydroxylation sites is 1. The number of nitrogens with one attached hydrogen (secondary N) is 2. The molecular formula is C23H24N4O3. The first kappa shape index (κ1) is 19.7. The van der Waals surface area contributed by atoms with Crippen molar-refractivity contribution in [1.82, 2.24) is 14.8 Å². The third-order valence-corrected chi connectivity index (χ3v) is 5.42. The number of aryl methyl sites for hydroxylation is 1. The molecule has 154 valence electrons. The highest BCUT2D eigenvalue weighted by atomic mass is 16.2. The van der Waals surface area contributed by atoms with Crippen LogP contribution in [0.25, 0.3) is 10.9 Å². The fourth-order valence-corrected chi connectivity index (χ4v) is 3.76. The molecule has 2 heterocycles. The van der Waals surface area contributed by atoms with Crippen molar-refractivity contribution in [2.45, 2.75) is 19.4 Å². The van der Waals surface area contributed by atoms with Gasteiger partial charge in [-0.1, -0.05) is 30.3 Å². The first-order chi connectivity index (χ1) is 14.5. The minimum absolute atomic E-state index is 0.0970. The molecule has 1 aliphatic heterocycles. The van der Waals surface area contributed by atoms with Crippen LogP contribution in [0, 0.1) is 0 Å². The smallest absolute Gasteiger partial charge is 0.321 e. The fraction of sp³-hybridized carbons (Fsp3) is 0.261. The first-order valence-corrected chi connectivity index (χ1v) is 10.0. The third kappa shape index (κ3) is 4.05. The summed E-state index contributed by atoms with van der Waals surface area (Å²) in [5.74, 6) is -0.310. The Hall–Kier alpha value is -3.61. The Morgan fingerprint density at radius 1 is 1.00 bits per heavy atom. The number of urea groups is 1. The molecule has 1 fully saturated rings. The summed E-state index contributed by atoms with van der Waals surface area (Å²) in [7, 11) is 1.69. The number of rotatable bonds is 4. The molecule has 1 saturated heterocycles. The van der Waals surface area contributed by atoms with Gasteiger partial charge in [0.15, 0.2) is 0 Å². The van der Waals surface area contributed by atoms with Gasteiger partial charge < -0.3 is 20.1 Å². The Kier molecular flexibility index (Phi) is 5.52. The normalized spacial score (nSPS) is 13.4. The lowest BCUT2D eigenvalue weighted by Crippen LogP contribution is -2.32. The van der Waals surface area contributed by atoms with E-state index in [1.54, 1.807) is 11.9 Å². The van der Waals surface area contributed by atoms with Crippen LogP contribution in [-0.4, -0.2) is 34.5 Å². The Morgan fingerprint density at radius 3 is 2.57 bits per heavy atom. The van der Waals surface area contributed by atoms with Gasteiger partial charge in [-0.15, -0.1) is 0 Å². The topological polar surface area (TPSA) is 83.4 Å². The van der Waals surface area contributed by atoms with Crippen LogP contribution < -0.4 is 16.2 Å². The van der Waals surface area contributed by atoms with E-state index in [-0.39, 0.29) is 24.0 Å². The van der Waals surface area contributed by atoms with E-state index < -0.39 is 0 Å². The second kappa shape index (κ2) is 8.41. The molecule has 3 amide bonds. The number of carbonyl (C=O) groups is 2. The van der Waals surface area contributed by atoms with Crippen molar-refractivity contribution >= 4 is 28.5 Å². The second-order valence-corrected chi connectivity index (χ2v) is 7.48. The average molecular weight is 404 g/mol. The maximum absolute atomic E-state index is 12.8. The van der Waals surface area contributed by atoms with Gasteiger partial charge in [0.1, 0.15) is 0 Å². The van der Waals surface area contributed by atoms with Crippen molar-refractivity contribution in [1.29, 1.82) is 0 Å². The highest BCUT2D eigenvalue weighted by Crippen LogP contribution is 2.17.